The minimum Gasteiger partial charge on any atom is -0.455 e. The van der Waals surface area contributed by atoms with E-state index in [1.165, 1.54) is 10.8 Å². The van der Waals surface area contributed by atoms with Crippen LogP contribution in [0.25, 0.3) is 54.9 Å². The van der Waals surface area contributed by atoms with Crippen molar-refractivity contribution in [3.8, 4) is 11.3 Å². The second-order valence-corrected chi connectivity index (χ2v) is 6.87. The van der Waals surface area contributed by atoms with Crippen LogP contribution < -0.4 is 0 Å². The second-order valence-electron chi connectivity index (χ2n) is 6.87. The molecule has 4 aromatic carbocycles. The average molecular weight is 345 g/mol. The molecule has 0 aliphatic heterocycles. The maximum atomic E-state index is 6.32. The van der Waals surface area contributed by atoms with E-state index in [2.05, 4.69) is 72.8 Å². The molecule has 0 spiro atoms. The molecule has 0 amide bonds. The SMILES string of the molecule is c1ccc2cc3c(cc2c1)oc1c(-c2ccc4ccccc4n2)cccc13. The Hall–Kier alpha value is -3.65. The molecule has 0 unspecified atom stereocenters. The maximum absolute atomic E-state index is 6.32. The topological polar surface area (TPSA) is 26.0 Å². The number of pyridine rings is 1. The highest BCUT2D eigenvalue weighted by Gasteiger charge is 2.14. The lowest BCUT2D eigenvalue weighted by molar-refractivity contribution is 0.670. The summed E-state index contributed by atoms with van der Waals surface area (Å²) in [6, 6.07) is 31.4. The zero-order valence-electron chi connectivity index (χ0n) is 14.5. The number of benzene rings is 4. The summed E-state index contributed by atoms with van der Waals surface area (Å²) in [6.07, 6.45) is 0. The molecule has 6 aromatic rings. The van der Waals surface area contributed by atoms with Gasteiger partial charge in [-0.05, 0) is 41.1 Å². The van der Waals surface area contributed by atoms with Gasteiger partial charge in [-0.25, -0.2) is 4.98 Å². The second kappa shape index (κ2) is 5.42. The molecule has 2 aromatic heterocycles. The van der Waals surface area contributed by atoms with Crippen LogP contribution in [0.4, 0.5) is 0 Å². The lowest BCUT2D eigenvalue weighted by Gasteiger charge is -2.04. The van der Waals surface area contributed by atoms with Gasteiger partial charge in [0.1, 0.15) is 11.2 Å². The van der Waals surface area contributed by atoms with Crippen LogP contribution in [0.2, 0.25) is 0 Å². The molecular weight excluding hydrogens is 330 g/mol. The Morgan fingerprint density at radius 1 is 0.593 bits per heavy atom. The van der Waals surface area contributed by atoms with E-state index in [9.17, 15) is 0 Å². The third kappa shape index (κ3) is 2.17. The van der Waals surface area contributed by atoms with Crippen LogP contribution in [0.1, 0.15) is 0 Å². The third-order valence-corrected chi connectivity index (χ3v) is 5.24. The summed E-state index contributed by atoms with van der Waals surface area (Å²) in [6.45, 7) is 0. The predicted octanol–water partition coefficient (Wildman–Crippen LogP) is 6.95. The van der Waals surface area contributed by atoms with E-state index in [-0.39, 0.29) is 0 Å². The normalized spacial score (nSPS) is 11.7. The summed E-state index contributed by atoms with van der Waals surface area (Å²) in [5.74, 6) is 0. The van der Waals surface area contributed by atoms with E-state index in [1.807, 2.05) is 18.2 Å². The molecule has 0 bridgehead atoms. The number of rotatable bonds is 1. The Kier molecular flexibility index (Phi) is 2.91. The van der Waals surface area contributed by atoms with Gasteiger partial charge in [-0.15, -0.1) is 0 Å². The first-order chi connectivity index (χ1) is 13.4. The molecule has 0 fully saturated rings. The van der Waals surface area contributed by atoms with Gasteiger partial charge in [0.05, 0.1) is 11.2 Å². The highest BCUT2D eigenvalue weighted by Crippen LogP contribution is 2.37. The van der Waals surface area contributed by atoms with Crippen LogP contribution in [0.5, 0.6) is 0 Å². The van der Waals surface area contributed by atoms with Crippen molar-refractivity contribution in [2.75, 3.05) is 0 Å². The third-order valence-electron chi connectivity index (χ3n) is 5.24. The standard InChI is InChI=1S/C25H15NO/c1-2-8-18-15-24-21(14-17(18)7-1)19-9-5-10-20(25(19)27-24)23-13-12-16-6-3-4-11-22(16)26-23/h1-15H. The van der Waals surface area contributed by atoms with Gasteiger partial charge in [0.25, 0.3) is 0 Å². The first-order valence-corrected chi connectivity index (χ1v) is 9.07. The van der Waals surface area contributed by atoms with Crippen LogP contribution >= 0.6 is 0 Å². The van der Waals surface area contributed by atoms with Crippen molar-refractivity contribution < 1.29 is 4.42 Å². The Balaban J connectivity index is 1.67. The van der Waals surface area contributed by atoms with Crippen molar-refractivity contribution in [3.05, 3.63) is 91.0 Å². The first kappa shape index (κ1) is 14.5. The summed E-state index contributed by atoms with van der Waals surface area (Å²) >= 11 is 0. The largest absolute Gasteiger partial charge is 0.455 e. The molecule has 6 rings (SSSR count). The van der Waals surface area contributed by atoms with Crippen LogP contribution in [0.3, 0.4) is 0 Å². The zero-order chi connectivity index (χ0) is 17.8. The fourth-order valence-corrected chi connectivity index (χ4v) is 3.90. The van der Waals surface area contributed by atoms with Gasteiger partial charge in [0.2, 0.25) is 0 Å². The summed E-state index contributed by atoms with van der Waals surface area (Å²) in [7, 11) is 0. The lowest BCUT2D eigenvalue weighted by atomic mass is 10.0. The van der Waals surface area contributed by atoms with Crippen LogP contribution in [-0.2, 0) is 0 Å². The number of nitrogens with zero attached hydrogens (tertiary/aromatic N) is 1. The number of para-hydroxylation sites is 2. The molecule has 0 saturated carbocycles. The van der Waals surface area contributed by atoms with Gasteiger partial charge in [-0.2, -0.15) is 0 Å². The molecule has 0 aliphatic carbocycles. The number of hydrogen-bond donors (Lipinski definition) is 0. The minimum absolute atomic E-state index is 0.894. The van der Waals surface area contributed by atoms with E-state index >= 15 is 0 Å². The highest BCUT2D eigenvalue weighted by molar-refractivity contribution is 6.13. The van der Waals surface area contributed by atoms with E-state index in [0.717, 1.165) is 44.1 Å². The summed E-state index contributed by atoms with van der Waals surface area (Å²) in [5, 5.41) is 5.83. The molecular formula is C25H15NO. The van der Waals surface area contributed by atoms with E-state index in [4.69, 9.17) is 9.40 Å². The predicted molar refractivity (Wildman–Crippen MR) is 112 cm³/mol. The smallest absolute Gasteiger partial charge is 0.144 e. The van der Waals surface area contributed by atoms with Crippen molar-refractivity contribution in [2.24, 2.45) is 0 Å². The van der Waals surface area contributed by atoms with Gasteiger partial charge >= 0.3 is 0 Å². The number of fused-ring (bicyclic) bond motifs is 5. The van der Waals surface area contributed by atoms with Crippen LogP contribution in [-0.4, -0.2) is 4.98 Å². The quantitative estimate of drug-likeness (QED) is 0.322. The van der Waals surface area contributed by atoms with Crippen LogP contribution in [0, 0.1) is 0 Å². The Morgan fingerprint density at radius 2 is 1.37 bits per heavy atom. The van der Waals surface area contributed by atoms with E-state index in [0.29, 0.717) is 0 Å². The molecule has 2 heteroatoms. The molecule has 126 valence electrons. The lowest BCUT2D eigenvalue weighted by Crippen LogP contribution is -1.85. The molecule has 2 nitrogen and oxygen atoms in total. The van der Waals surface area contributed by atoms with Gasteiger partial charge < -0.3 is 4.42 Å². The molecule has 0 radical (unpaired) electrons. The fourth-order valence-electron chi connectivity index (χ4n) is 3.90. The molecule has 0 aliphatic rings. The Labute approximate surface area is 155 Å². The number of aromatic nitrogens is 1. The van der Waals surface area contributed by atoms with Gasteiger partial charge in [-0.3, -0.25) is 0 Å². The molecule has 27 heavy (non-hydrogen) atoms. The number of hydrogen-bond acceptors (Lipinski definition) is 2. The Morgan fingerprint density at radius 3 is 2.26 bits per heavy atom. The monoisotopic (exact) mass is 345 g/mol. The first-order valence-electron chi connectivity index (χ1n) is 9.07. The van der Waals surface area contributed by atoms with Crippen molar-refractivity contribution in [1.82, 2.24) is 4.98 Å². The van der Waals surface area contributed by atoms with Gasteiger partial charge in [-0.1, -0.05) is 60.7 Å². The van der Waals surface area contributed by atoms with E-state index < -0.39 is 0 Å². The summed E-state index contributed by atoms with van der Waals surface area (Å²) < 4.78 is 6.32. The molecule has 0 saturated heterocycles. The minimum atomic E-state index is 0.894. The van der Waals surface area contributed by atoms with Crippen molar-refractivity contribution in [2.45, 2.75) is 0 Å². The van der Waals surface area contributed by atoms with Crippen LogP contribution in [0.15, 0.2) is 95.4 Å². The van der Waals surface area contributed by atoms with Crippen molar-refractivity contribution in [3.63, 3.8) is 0 Å². The molecule has 2 heterocycles. The van der Waals surface area contributed by atoms with Gasteiger partial charge in [0.15, 0.2) is 0 Å². The molecule has 0 atom stereocenters. The Bertz CT molecular complexity index is 1480. The fraction of sp³-hybridized carbons (Fsp3) is 0. The zero-order valence-corrected chi connectivity index (χ0v) is 14.5. The highest BCUT2D eigenvalue weighted by atomic mass is 16.3. The van der Waals surface area contributed by atoms with E-state index in [1.54, 1.807) is 0 Å². The molecule has 0 N–H and O–H groups in total. The summed E-state index contributed by atoms with van der Waals surface area (Å²) in [4.78, 5) is 4.86. The van der Waals surface area contributed by atoms with Crippen molar-refractivity contribution >= 4 is 43.6 Å². The van der Waals surface area contributed by atoms with Crippen molar-refractivity contribution in [1.29, 1.82) is 0 Å². The summed E-state index contributed by atoms with van der Waals surface area (Å²) in [5.41, 5.74) is 4.76. The average Bonchev–Trinajstić information content (AvgIpc) is 3.09. The number of furan rings is 1. The maximum Gasteiger partial charge on any atom is 0.144 e. The van der Waals surface area contributed by atoms with Gasteiger partial charge in [0, 0.05) is 21.7 Å².